The summed E-state index contributed by atoms with van der Waals surface area (Å²) in [5.74, 6) is -0.122. The molecule has 2 aromatic heterocycles. The summed E-state index contributed by atoms with van der Waals surface area (Å²) in [5.41, 5.74) is 4.41. The Kier molecular flexibility index (Phi) is 6.98. The van der Waals surface area contributed by atoms with Crippen LogP contribution in [0.5, 0.6) is 5.75 Å². The Morgan fingerprint density at radius 1 is 0.905 bits per heavy atom. The van der Waals surface area contributed by atoms with Crippen molar-refractivity contribution >= 4 is 39.5 Å². The number of nitrogens with zero attached hydrogens (tertiary/aromatic N) is 7. The number of aryl methyl sites for hydroxylation is 2. The van der Waals surface area contributed by atoms with E-state index in [1.54, 1.807) is 37.3 Å². The van der Waals surface area contributed by atoms with Crippen molar-refractivity contribution in [2.45, 2.75) is 13.8 Å². The minimum atomic E-state index is -0.770. The number of benzene rings is 3. The van der Waals surface area contributed by atoms with E-state index in [9.17, 15) is 35.4 Å². The second-order valence-corrected chi connectivity index (χ2v) is 9.18. The van der Waals surface area contributed by atoms with Crippen molar-refractivity contribution in [1.82, 2.24) is 14.8 Å². The van der Waals surface area contributed by atoms with E-state index in [2.05, 4.69) is 20.6 Å². The van der Waals surface area contributed by atoms with Gasteiger partial charge in [0.25, 0.3) is 11.4 Å². The van der Waals surface area contributed by atoms with Crippen LogP contribution in [0.4, 0.5) is 22.7 Å². The lowest BCUT2D eigenvalue weighted by Crippen LogP contribution is -2.09. The molecule has 15 heteroatoms. The zero-order chi connectivity index (χ0) is 30.1. The summed E-state index contributed by atoms with van der Waals surface area (Å²) in [7, 11) is 0. The van der Waals surface area contributed by atoms with Crippen molar-refractivity contribution in [2.75, 3.05) is 5.43 Å². The summed E-state index contributed by atoms with van der Waals surface area (Å²) in [6.45, 7) is 3.55. The van der Waals surface area contributed by atoms with Crippen LogP contribution in [-0.4, -0.2) is 40.4 Å². The molecule has 0 unspecified atom stereocenters. The highest BCUT2D eigenvalue weighted by Crippen LogP contribution is 2.31. The number of pyridine rings is 1. The Hall–Kier alpha value is -6.25. The first-order valence-electron chi connectivity index (χ1n) is 12.2. The van der Waals surface area contributed by atoms with Gasteiger partial charge in [-0.05, 0) is 44.2 Å². The van der Waals surface area contributed by atoms with Gasteiger partial charge in [0.2, 0.25) is 0 Å². The first kappa shape index (κ1) is 27.3. The lowest BCUT2D eigenvalue weighted by atomic mass is 10.00. The number of phenolic OH excluding ortho intramolecular Hbond substituents is 1. The number of aromatic hydroxyl groups is 1. The van der Waals surface area contributed by atoms with Crippen LogP contribution >= 0.6 is 0 Å². The van der Waals surface area contributed by atoms with Gasteiger partial charge in [-0.25, -0.2) is 9.67 Å². The maximum Gasteiger partial charge on any atom is 0.301 e. The third-order valence-corrected chi connectivity index (χ3v) is 6.35. The summed E-state index contributed by atoms with van der Waals surface area (Å²) in [6, 6.07) is 15.6. The number of hydrogen-bond acceptors (Lipinski definition) is 11. The molecule has 210 valence electrons. The van der Waals surface area contributed by atoms with Crippen LogP contribution in [0, 0.1) is 44.2 Å². The Bertz CT molecular complexity index is 1950. The van der Waals surface area contributed by atoms with E-state index in [4.69, 9.17) is 0 Å². The van der Waals surface area contributed by atoms with E-state index in [0.29, 0.717) is 28.0 Å². The molecule has 0 atom stereocenters. The molecule has 3 aromatic carbocycles. The number of aromatic nitrogens is 3. The van der Waals surface area contributed by atoms with Crippen LogP contribution in [0.15, 0.2) is 78.0 Å². The zero-order valence-electron chi connectivity index (χ0n) is 22.0. The molecule has 0 aliphatic heterocycles. The molecule has 0 aliphatic rings. The zero-order valence-corrected chi connectivity index (χ0v) is 22.0. The summed E-state index contributed by atoms with van der Waals surface area (Å²) in [4.78, 5) is 36.6. The van der Waals surface area contributed by atoms with Crippen molar-refractivity contribution in [1.29, 1.82) is 0 Å². The normalized spacial score (nSPS) is 11.4. The van der Waals surface area contributed by atoms with E-state index in [1.807, 2.05) is 6.92 Å². The first-order chi connectivity index (χ1) is 20.0. The van der Waals surface area contributed by atoms with Gasteiger partial charge in [0.1, 0.15) is 17.1 Å². The van der Waals surface area contributed by atoms with Gasteiger partial charge >= 0.3 is 5.69 Å². The molecule has 15 nitrogen and oxygen atoms in total. The SMILES string of the molecule is Cc1ccc(O)c(/C(=N\Nc2ccc([N+](=O)[O-])cc2[N+](=O)[O-])c2cnc3c(c2)c(C)nn3-c2cccc([N+](=O)[O-])c2)c1. The van der Waals surface area contributed by atoms with E-state index < -0.39 is 26.1 Å². The summed E-state index contributed by atoms with van der Waals surface area (Å²) in [6.07, 6.45) is 1.46. The highest BCUT2D eigenvalue weighted by Gasteiger charge is 2.21. The van der Waals surface area contributed by atoms with Gasteiger partial charge in [-0.3, -0.25) is 35.8 Å². The number of fused-ring (bicyclic) bond motifs is 1. The topological polar surface area (TPSA) is 205 Å². The van der Waals surface area contributed by atoms with Crippen LogP contribution < -0.4 is 5.43 Å². The highest BCUT2D eigenvalue weighted by molar-refractivity contribution is 6.15. The molecule has 0 saturated heterocycles. The maximum absolute atomic E-state index is 11.6. The minimum Gasteiger partial charge on any atom is -0.507 e. The van der Waals surface area contributed by atoms with Gasteiger partial charge in [-0.2, -0.15) is 10.2 Å². The van der Waals surface area contributed by atoms with Gasteiger partial charge in [0.15, 0.2) is 5.65 Å². The van der Waals surface area contributed by atoms with Crippen LogP contribution in [-0.2, 0) is 0 Å². The molecule has 0 spiro atoms. The highest BCUT2D eigenvalue weighted by atomic mass is 16.6. The second-order valence-electron chi connectivity index (χ2n) is 9.18. The number of hydrogen-bond donors (Lipinski definition) is 2. The van der Waals surface area contributed by atoms with E-state index >= 15 is 0 Å². The standard InChI is InChI=1S/C27H20N8O7/c1-15-6-9-25(36)22(10-15)26(30-29-23-8-7-20(34(39)40)13-24(23)35(41)42)17-11-21-16(2)31-32(27(21)28-14-17)18-4-3-5-19(12-18)33(37)38/h3-14,29,36H,1-2H3/b30-26-. The molecule has 0 amide bonds. The lowest BCUT2D eigenvalue weighted by molar-refractivity contribution is -0.393. The van der Waals surface area contributed by atoms with Crippen molar-refractivity contribution < 1.29 is 19.9 Å². The number of nitrogens with one attached hydrogen (secondary N) is 1. The monoisotopic (exact) mass is 568 g/mol. The fraction of sp³-hybridized carbons (Fsp3) is 0.0741. The van der Waals surface area contributed by atoms with Crippen LogP contribution in [0.1, 0.15) is 22.4 Å². The quantitative estimate of drug-likeness (QED) is 0.140. The number of hydrazone groups is 1. The van der Waals surface area contributed by atoms with Gasteiger partial charge in [-0.1, -0.05) is 17.7 Å². The fourth-order valence-corrected chi connectivity index (χ4v) is 4.31. The van der Waals surface area contributed by atoms with Crippen LogP contribution in [0.2, 0.25) is 0 Å². The van der Waals surface area contributed by atoms with Gasteiger partial charge in [0, 0.05) is 40.9 Å². The molecular weight excluding hydrogens is 548 g/mol. The summed E-state index contributed by atoms with van der Waals surface area (Å²) >= 11 is 0. The summed E-state index contributed by atoms with van der Waals surface area (Å²) < 4.78 is 1.47. The molecule has 0 saturated carbocycles. The number of non-ortho nitro benzene ring substituents is 2. The van der Waals surface area contributed by atoms with Gasteiger partial charge in [-0.15, -0.1) is 0 Å². The Morgan fingerprint density at radius 2 is 1.64 bits per heavy atom. The lowest BCUT2D eigenvalue weighted by Gasteiger charge is -2.12. The molecule has 5 rings (SSSR count). The van der Waals surface area contributed by atoms with Gasteiger partial charge < -0.3 is 5.11 Å². The molecule has 0 aliphatic carbocycles. The van der Waals surface area contributed by atoms with E-state index in [-0.39, 0.29) is 28.4 Å². The number of phenols is 1. The van der Waals surface area contributed by atoms with Crippen LogP contribution in [0.25, 0.3) is 16.7 Å². The predicted octanol–water partition coefficient (Wildman–Crippen LogP) is 5.33. The molecule has 0 bridgehead atoms. The largest absolute Gasteiger partial charge is 0.507 e. The van der Waals surface area contributed by atoms with Crippen molar-refractivity contribution in [3.8, 4) is 11.4 Å². The van der Waals surface area contributed by atoms with Crippen molar-refractivity contribution in [3.63, 3.8) is 0 Å². The van der Waals surface area contributed by atoms with Crippen molar-refractivity contribution in [2.24, 2.45) is 5.10 Å². The van der Waals surface area contributed by atoms with E-state index in [0.717, 1.165) is 17.7 Å². The van der Waals surface area contributed by atoms with Crippen molar-refractivity contribution in [3.05, 3.63) is 126 Å². The second kappa shape index (κ2) is 10.7. The molecule has 42 heavy (non-hydrogen) atoms. The number of rotatable bonds is 8. The average molecular weight is 569 g/mol. The third kappa shape index (κ3) is 5.16. The average Bonchev–Trinajstić information content (AvgIpc) is 3.30. The van der Waals surface area contributed by atoms with E-state index in [1.165, 1.54) is 35.1 Å². The molecular formula is C27H20N8O7. The third-order valence-electron chi connectivity index (χ3n) is 6.35. The first-order valence-corrected chi connectivity index (χ1v) is 12.2. The van der Waals surface area contributed by atoms with Crippen LogP contribution in [0.3, 0.4) is 0 Å². The Labute approximate surface area is 235 Å². The molecule has 2 N–H and O–H groups in total. The number of nitro benzene ring substituents is 3. The smallest absolute Gasteiger partial charge is 0.301 e. The fourth-order valence-electron chi connectivity index (χ4n) is 4.31. The van der Waals surface area contributed by atoms with Gasteiger partial charge in [0.05, 0.1) is 32.2 Å². The minimum absolute atomic E-state index is 0.110. The predicted molar refractivity (Wildman–Crippen MR) is 152 cm³/mol. The molecule has 2 heterocycles. The summed E-state index contributed by atoms with van der Waals surface area (Å²) in [5, 5.41) is 54.2. The molecule has 0 fully saturated rings. The Balaban J connectivity index is 1.65. The Morgan fingerprint density at radius 3 is 2.36 bits per heavy atom. The molecule has 0 radical (unpaired) electrons. The maximum atomic E-state index is 11.6. The number of anilines is 1. The number of nitro groups is 3. The molecule has 5 aromatic rings.